The van der Waals surface area contributed by atoms with Crippen LogP contribution in [0.25, 0.3) is 0 Å². The Morgan fingerprint density at radius 1 is 0.914 bits per heavy atom. The topological polar surface area (TPSA) is 48.1 Å². The number of carbonyl (C=O) groups excluding carboxylic acids is 1. The van der Waals surface area contributed by atoms with Gasteiger partial charge in [-0.05, 0) is 48.9 Å². The minimum Gasteiger partial charge on any atom is -0.484 e. The molecule has 0 spiro atoms. The molecule has 35 heavy (non-hydrogen) atoms. The summed E-state index contributed by atoms with van der Waals surface area (Å²) in [5.41, 5.74) is 4.80. The number of piperazine rings is 1. The highest BCUT2D eigenvalue weighted by Crippen LogP contribution is 2.25. The summed E-state index contributed by atoms with van der Waals surface area (Å²) in [6.45, 7) is 6.37. The van der Waals surface area contributed by atoms with Crippen molar-refractivity contribution in [3.63, 3.8) is 0 Å². The van der Waals surface area contributed by atoms with Crippen LogP contribution in [0, 0.1) is 6.92 Å². The van der Waals surface area contributed by atoms with Crippen molar-refractivity contribution in [1.29, 1.82) is 0 Å². The summed E-state index contributed by atoms with van der Waals surface area (Å²) in [5.74, 6) is 0.599. The fourth-order valence-electron chi connectivity index (χ4n) is 4.43. The largest absolute Gasteiger partial charge is 0.484 e. The van der Waals surface area contributed by atoms with Crippen molar-refractivity contribution in [2.75, 3.05) is 63.2 Å². The molecule has 1 saturated heterocycles. The van der Waals surface area contributed by atoms with E-state index in [-0.39, 0.29) is 18.6 Å². The molecule has 1 heterocycles. The molecule has 1 aliphatic heterocycles. The van der Waals surface area contributed by atoms with Gasteiger partial charge in [0.15, 0.2) is 6.61 Å². The Labute approximate surface area is 209 Å². The Bertz CT molecular complexity index is 1060. The van der Waals surface area contributed by atoms with Crippen molar-refractivity contribution in [1.82, 2.24) is 10.2 Å². The lowest BCUT2D eigenvalue weighted by Gasteiger charge is -2.40. The number of hydrogen-bond donors (Lipinski definition) is 1. The number of nitrogens with zero attached hydrogens (tertiary/aromatic N) is 3. The quantitative estimate of drug-likeness (QED) is 0.508. The number of aryl methyl sites for hydroxylation is 1. The van der Waals surface area contributed by atoms with Gasteiger partial charge in [-0.15, -0.1) is 0 Å². The van der Waals surface area contributed by atoms with Gasteiger partial charge in [0.1, 0.15) is 5.75 Å². The van der Waals surface area contributed by atoms with E-state index < -0.39 is 0 Å². The Kier molecular flexibility index (Phi) is 8.27. The number of ether oxygens (including phenoxy) is 1. The van der Waals surface area contributed by atoms with Gasteiger partial charge in [0, 0.05) is 58.2 Å². The molecule has 1 amide bonds. The molecule has 4 rings (SSSR count). The van der Waals surface area contributed by atoms with Crippen molar-refractivity contribution in [3.8, 4) is 5.75 Å². The van der Waals surface area contributed by atoms with Gasteiger partial charge in [-0.25, -0.2) is 0 Å². The minimum atomic E-state index is -0.108. The number of hydrogen-bond acceptors (Lipinski definition) is 5. The minimum absolute atomic E-state index is 0.0110. The monoisotopic (exact) mass is 472 g/mol. The molecule has 1 fully saturated rings. The summed E-state index contributed by atoms with van der Waals surface area (Å²) in [7, 11) is 4.09. The second-order valence-corrected chi connectivity index (χ2v) is 9.27. The number of amides is 1. The first kappa shape index (κ1) is 24.6. The average molecular weight is 473 g/mol. The van der Waals surface area contributed by atoms with E-state index in [9.17, 15) is 4.79 Å². The molecule has 3 aromatic carbocycles. The van der Waals surface area contributed by atoms with Crippen molar-refractivity contribution in [2.24, 2.45) is 0 Å². The third kappa shape index (κ3) is 6.76. The van der Waals surface area contributed by atoms with Gasteiger partial charge in [0.25, 0.3) is 5.91 Å². The molecule has 1 aliphatic rings. The third-order valence-corrected chi connectivity index (χ3v) is 6.55. The summed E-state index contributed by atoms with van der Waals surface area (Å²) in [5, 5.41) is 3.11. The molecule has 0 saturated carbocycles. The van der Waals surface area contributed by atoms with Gasteiger partial charge in [-0.3, -0.25) is 9.69 Å². The van der Waals surface area contributed by atoms with Crippen LogP contribution < -0.4 is 19.9 Å². The summed E-state index contributed by atoms with van der Waals surface area (Å²) in [6.07, 6.45) is 0. The molecular weight excluding hydrogens is 436 g/mol. The number of carbonyl (C=O) groups is 1. The van der Waals surface area contributed by atoms with E-state index >= 15 is 0 Å². The van der Waals surface area contributed by atoms with Crippen molar-refractivity contribution < 1.29 is 9.53 Å². The van der Waals surface area contributed by atoms with E-state index in [1.54, 1.807) is 0 Å². The highest BCUT2D eigenvalue weighted by atomic mass is 16.5. The predicted octanol–water partition coefficient (Wildman–Crippen LogP) is 4.12. The molecule has 6 nitrogen and oxygen atoms in total. The van der Waals surface area contributed by atoms with Gasteiger partial charge in [0.2, 0.25) is 0 Å². The lowest BCUT2D eigenvalue weighted by molar-refractivity contribution is -0.123. The van der Waals surface area contributed by atoms with E-state index in [4.69, 9.17) is 4.74 Å². The molecular formula is C29H36N4O2. The molecule has 184 valence electrons. The molecule has 0 bridgehead atoms. The Balaban J connectivity index is 1.39. The van der Waals surface area contributed by atoms with Crippen molar-refractivity contribution >= 4 is 17.3 Å². The van der Waals surface area contributed by atoms with E-state index in [0.29, 0.717) is 12.3 Å². The second-order valence-electron chi connectivity index (χ2n) is 9.27. The van der Waals surface area contributed by atoms with Crippen LogP contribution in [-0.2, 0) is 4.79 Å². The summed E-state index contributed by atoms with van der Waals surface area (Å²) >= 11 is 0. The number of para-hydroxylation sites is 1. The summed E-state index contributed by atoms with van der Waals surface area (Å²) < 4.78 is 5.67. The van der Waals surface area contributed by atoms with Crippen molar-refractivity contribution in [3.05, 3.63) is 90.0 Å². The molecule has 0 aliphatic carbocycles. The van der Waals surface area contributed by atoms with Gasteiger partial charge >= 0.3 is 0 Å². The molecule has 3 aromatic rings. The maximum atomic E-state index is 12.6. The van der Waals surface area contributed by atoms with Crippen LogP contribution in [0.5, 0.6) is 5.75 Å². The Morgan fingerprint density at radius 2 is 1.57 bits per heavy atom. The van der Waals surface area contributed by atoms with Crippen LogP contribution in [0.3, 0.4) is 0 Å². The van der Waals surface area contributed by atoms with Gasteiger partial charge in [-0.2, -0.15) is 0 Å². The predicted molar refractivity (Wildman–Crippen MR) is 143 cm³/mol. The third-order valence-electron chi connectivity index (χ3n) is 6.55. The van der Waals surface area contributed by atoms with Gasteiger partial charge in [-0.1, -0.05) is 48.0 Å². The summed E-state index contributed by atoms with van der Waals surface area (Å²) in [4.78, 5) is 19.6. The number of nitrogens with one attached hydrogen (secondary N) is 1. The number of benzene rings is 3. The standard InChI is InChI=1S/C29H36N4O2/c1-23-9-15-27(16-10-23)35-22-29(34)30-21-28(24-11-13-25(14-12-24)31(2)3)33-19-17-32(18-20-33)26-7-5-4-6-8-26/h4-16,28H,17-22H2,1-3H3,(H,30,34). The molecule has 1 unspecified atom stereocenters. The van der Waals surface area contributed by atoms with E-state index in [2.05, 4.69) is 74.6 Å². The zero-order chi connectivity index (χ0) is 24.6. The lowest BCUT2D eigenvalue weighted by Crippen LogP contribution is -2.50. The smallest absolute Gasteiger partial charge is 0.258 e. The number of anilines is 2. The fraction of sp³-hybridized carbons (Fsp3) is 0.345. The van der Waals surface area contributed by atoms with Gasteiger partial charge in [0.05, 0.1) is 6.04 Å². The first-order chi connectivity index (χ1) is 17.0. The maximum Gasteiger partial charge on any atom is 0.258 e. The molecule has 1 atom stereocenters. The van der Waals surface area contributed by atoms with Gasteiger partial charge < -0.3 is 19.9 Å². The zero-order valence-electron chi connectivity index (χ0n) is 21.0. The van der Waals surface area contributed by atoms with Crippen LogP contribution in [-0.4, -0.2) is 64.2 Å². The number of rotatable bonds is 9. The molecule has 1 N–H and O–H groups in total. The average Bonchev–Trinajstić information content (AvgIpc) is 2.89. The van der Waals surface area contributed by atoms with Crippen LogP contribution in [0.4, 0.5) is 11.4 Å². The van der Waals surface area contributed by atoms with E-state index in [0.717, 1.165) is 37.4 Å². The molecule has 0 radical (unpaired) electrons. The zero-order valence-corrected chi connectivity index (χ0v) is 21.0. The van der Waals surface area contributed by atoms with Crippen LogP contribution in [0.2, 0.25) is 0 Å². The lowest BCUT2D eigenvalue weighted by atomic mass is 10.0. The Morgan fingerprint density at radius 3 is 2.20 bits per heavy atom. The van der Waals surface area contributed by atoms with E-state index in [1.165, 1.54) is 11.3 Å². The highest BCUT2D eigenvalue weighted by molar-refractivity contribution is 5.77. The van der Waals surface area contributed by atoms with Crippen LogP contribution in [0.1, 0.15) is 17.2 Å². The fourth-order valence-corrected chi connectivity index (χ4v) is 4.43. The van der Waals surface area contributed by atoms with Crippen LogP contribution >= 0.6 is 0 Å². The van der Waals surface area contributed by atoms with E-state index in [1.807, 2.05) is 45.3 Å². The van der Waals surface area contributed by atoms with Crippen molar-refractivity contribution in [2.45, 2.75) is 13.0 Å². The molecule has 0 aromatic heterocycles. The highest BCUT2D eigenvalue weighted by Gasteiger charge is 2.26. The first-order valence-corrected chi connectivity index (χ1v) is 12.3. The summed E-state index contributed by atoms with van der Waals surface area (Å²) in [6, 6.07) is 27.1. The maximum absolute atomic E-state index is 12.6. The normalized spacial score (nSPS) is 14.9. The second kappa shape index (κ2) is 11.8. The molecule has 6 heteroatoms. The Hall–Kier alpha value is -3.51. The van der Waals surface area contributed by atoms with Crippen LogP contribution in [0.15, 0.2) is 78.9 Å². The first-order valence-electron chi connectivity index (χ1n) is 12.3. The SMILES string of the molecule is Cc1ccc(OCC(=O)NCC(c2ccc(N(C)C)cc2)N2CCN(c3ccccc3)CC2)cc1.